The number of carbonyl (C=O) groups is 1. The van der Waals surface area contributed by atoms with Crippen LogP contribution in [0.4, 0.5) is 0 Å². The predicted octanol–water partition coefficient (Wildman–Crippen LogP) is 3.97. The highest BCUT2D eigenvalue weighted by Crippen LogP contribution is 2.31. The summed E-state index contributed by atoms with van der Waals surface area (Å²) in [5, 5.41) is 0. The molecule has 0 saturated carbocycles. The van der Waals surface area contributed by atoms with E-state index >= 15 is 0 Å². The normalized spacial score (nSPS) is 14.5. The molecular weight excluding hydrogens is 286 g/mol. The number of rotatable bonds is 4. The van der Waals surface area contributed by atoms with Crippen LogP contribution in [0.15, 0.2) is 42.5 Å². The molecule has 2 aromatic rings. The van der Waals surface area contributed by atoms with Gasteiger partial charge in [-0.05, 0) is 48.2 Å². The lowest BCUT2D eigenvalue weighted by Crippen LogP contribution is -2.56. The molecule has 0 bridgehead atoms. The lowest BCUT2D eigenvalue weighted by Gasteiger charge is -2.39. The molecule has 3 rings (SSSR count). The van der Waals surface area contributed by atoms with Crippen LogP contribution < -0.4 is 4.74 Å². The number of amides is 1. The molecule has 1 saturated heterocycles. The van der Waals surface area contributed by atoms with E-state index < -0.39 is 0 Å². The molecule has 0 unspecified atom stereocenters. The zero-order chi connectivity index (χ0) is 16.4. The zero-order valence-electron chi connectivity index (χ0n) is 14.0. The summed E-state index contributed by atoms with van der Waals surface area (Å²) in [4.78, 5) is 13.4. The number of likely N-dealkylation sites (tertiary alicyclic amines) is 1. The van der Waals surface area contributed by atoms with Crippen molar-refractivity contribution in [1.82, 2.24) is 4.90 Å². The Kier molecular flexibility index (Phi) is 4.37. The lowest BCUT2D eigenvalue weighted by atomic mass is 9.95. The number of carbonyl (C=O) groups excluding carboxylic acids is 1. The third-order valence-electron chi connectivity index (χ3n) is 4.37. The third kappa shape index (κ3) is 3.24. The van der Waals surface area contributed by atoms with Crippen LogP contribution in [-0.4, -0.2) is 30.0 Å². The van der Waals surface area contributed by atoms with Gasteiger partial charge in [-0.2, -0.15) is 0 Å². The van der Waals surface area contributed by atoms with Crippen LogP contribution in [0.3, 0.4) is 0 Å². The first-order valence-corrected chi connectivity index (χ1v) is 8.19. The van der Waals surface area contributed by atoms with Gasteiger partial charge in [0.25, 0.3) is 0 Å². The Hall–Kier alpha value is -2.29. The summed E-state index contributed by atoms with van der Waals surface area (Å²) in [6.07, 6.45) is 0.684. The van der Waals surface area contributed by atoms with Crippen LogP contribution in [0, 0.1) is 13.8 Å². The Bertz CT molecular complexity index is 680. The van der Waals surface area contributed by atoms with Gasteiger partial charge in [0.1, 0.15) is 11.9 Å². The number of ether oxygens (including phenoxy) is 1. The first kappa shape index (κ1) is 15.6. The van der Waals surface area contributed by atoms with Crippen molar-refractivity contribution in [2.45, 2.75) is 33.3 Å². The van der Waals surface area contributed by atoms with E-state index in [0.29, 0.717) is 19.5 Å². The second-order valence-corrected chi connectivity index (χ2v) is 6.19. The summed E-state index contributed by atoms with van der Waals surface area (Å²) >= 11 is 0. The smallest absolute Gasteiger partial charge is 0.222 e. The molecule has 0 N–H and O–H groups in total. The van der Waals surface area contributed by atoms with Crippen molar-refractivity contribution in [3.8, 4) is 16.9 Å². The summed E-state index contributed by atoms with van der Waals surface area (Å²) in [5.74, 6) is 1.10. The summed E-state index contributed by atoms with van der Waals surface area (Å²) in [6.45, 7) is 7.54. The number of hydrogen-bond acceptors (Lipinski definition) is 2. The van der Waals surface area contributed by atoms with Crippen molar-refractivity contribution in [3.63, 3.8) is 0 Å². The van der Waals surface area contributed by atoms with Gasteiger partial charge in [0.05, 0.1) is 13.1 Å². The van der Waals surface area contributed by atoms with Crippen molar-refractivity contribution >= 4 is 5.91 Å². The number of nitrogens with zero attached hydrogens (tertiary/aromatic N) is 1. The van der Waals surface area contributed by atoms with Crippen molar-refractivity contribution in [2.75, 3.05) is 13.1 Å². The first-order chi connectivity index (χ1) is 11.1. The van der Waals surface area contributed by atoms with E-state index in [1.807, 2.05) is 17.9 Å². The van der Waals surface area contributed by atoms with Crippen molar-refractivity contribution < 1.29 is 9.53 Å². The molecule has 1 aliphatic rings. The molecule has 0 spiro atoms. The minimum atomic E-state index is 0.117. The number of benzene rings is 2. The quantitative estimate of drug-likeness (QED) is 0.855. The van der Waals surface area contributed by atoms with Crippen LogP contribution in [0.2, 0.25) is 0 Å². The molecule has 1 fully saturated rings. The minimum absolute atomic E-state index is 0.117. The Labute approximate surface area is 137 Å². The molecule has 1 amide bonds. The summed E-state index contributed by atoms with van der Waals surface area (Å²) < 4.78 is 6.03. The Morgan fingerprint density at radius 3 is 2.30 bits per heavy atom. The monoisotopic (exact) mass is 309 g/mol. The van der Waals surface area contributed by atoms with Crippen molar-refractivity contribution in [2.24, 2.45) is 0 Å². The molecule has 120 valence electrons. The van der Waals surface area contributed by atoms with E-state index in [4.69, 9.17) is 4.74 Å². The van der Waals surface area contributed by atoms with Gasteiger partial charge in [-0.1, -0.05) is 37.3 Å². The Balaban J connectivity index is 1.73. The molecule has 0 aliphatic carbocycles. The standard InChI is InChI=1S/C20H23NO2/c1-4-19(22)21-12-18(13-21)23-17-10-14(2)20(15(3)11-17)16-8-6-5-7-9-16/h5-11,18H,4,12-13H2,1-3H3. The van der Waals surface area contributed by atoms with Gasteiger partial charge in [-0.25, -0.2) is 0 Å². The van der Waals surface area contributed by atoms with Gasteiger partial charge in [0, 0.05) is 6.42 Å². The second-order valence-electron chi connectivity index (χ2n) is 6.19. The van der Waals surface area contributed by atoms with E-state index in [-0.39, 0.29) is 12.0 Å². The molecule has 3 heteroatoms. The Morgan fingerprint density at radius 2 is 1.74 bits per heavy atom. The van der Waals surface area contributed by atoms with Crippen molar-refractivity contribution in [3.05, 3.63) is 53.6 Å². The van der Waals surface area contributed by atoms with Crippen LogP contribution in [0.5, 0.6) is 5.75 Å². The Morgan fingerprint density at radius 1 is 1.13 bits per heavy atom. The molecule has 23 heavy (non-hydrogen) atoms. The lowest BCUT2D eigenvalue weighted by molar-refractivity contribution is -0.139. The molecule has 1 aliphatic heterocycles. The maximum absolute atomic E-state index is 11.6. The van der Waals surface area contributed by atoms with Gasteiger partial charge in [0.15, 0.2) is 0 Å². The molecule has 0 aromatic heterocycles. The third-order valence-corrected chi connectivity index (χ3v) is 4.37. The van der Waals surface area contributed by atoms with Gasteiger partial charge in [0.2, 0.25) is 5.91 Å². The van der Waals surface area contributed by atoms with E-state index in [2.05, 4.69) is 50.2 Å². The van der Waals surface area contributed by atoms with Crippen LogP contribution in [-0.2, 0) is 4.79 Å². The van der Waals surface area contributed by atoms with Gasteiger partial charge >= 0.3 is 0 Å². The second kappa shape index (κ2) is 6.45. The van der Waals surface area contributed by atoms with Crippen LogP contribution in [0.1, 0.15) is 24.5 Å². The molecule has 0 radical (unpaired) electrons. The van der Waals surface area contributed by atoms with Crippen LogP contribution in [0.25, 0.3) is 11.1 Å². The van der Waals surface area contributed by atoms with Gasteiger partial charge in [-0.3, -0.25) is 4.79 Å². The van der Waals surface area contributed by atoms with E-state index in [0.717, 1.165) is 5.75 Å². The van der Waals surface area contributed by atoms with Crippen molar-refractivity contribution in [1.29, 1.82) is 0 Å². The van der Waals surface area contributed by atoms with Crippen LogP contribution >= 0.6 is 0 Å². The fourth-order valence-corrected chi connectivity index (χ4v) is 3.18. The maximum Gasteiger partial charge on any atom is 0.222 e. The molecular formula is C20H23NO2. The summed E-state index contributed by atoms with van der Waals surface area (Å²) in [6, 6.07) is 14.6. The topological polar surface area (TPSA) is 29.5 Å². The predicted molar refractivity (Wildman–Crippen MR) is 92.6 cm³/mol. The van der Waals surface area contributed by atoms with Gasteiger partial charge < -0.3 is 9.64 Å². The highest BCUT2D eigenvalue weighted by atomic mass is 16.5. The summed E-state index contributed by atoms with van der Waals surface area (Å²) in [5.41, 5.74) is 4.94. The minimum Gasteiger partial charge on any atom is -0.487 e. The van der Waals surface area contributed by atoms with Gasteiger partial charge in [-0.15, -0.1) is 0 Å². The van der Waals surface area contributed by atoms with E-state index in [1.54, 1.807) is 0 Å². The van der Waals surface area contributed by atoms with E-state index in [9.17, 15) is 4.79 Å². The summed E-state index contributed by atoms with van der Waals surface area (Å²) in [7, 11) is 0. The average molecular weight is 309 g/mol. The fraction of sp³-hybridized carbons (Fsp3) is 0.350. The molecule has 0 atom stereocenters. The molecule has 3 nitrogen and oxygen atoms in total. The largest absolute Gasteiger partial charge is 0.487 e. The number of hydrogen-bond donors (Lipinski definition) is 0. The fourth-order valence-electron chi connectivity index (χ4n) is 3.18. The average Bonchev–Trinajstić information content (AvgIpc) is 2.50. The SMILES string of the molecule is CCC(=O)N1CC(Oc2cc(C)c(-c3ccccc3)c(C)c2)C1. The molecule has 2 aromatic carbocycles. The zero-order valence-corrected chi connectivity index (χ0v) is 14.0. The number of aryl methyl sites for hydroxylation is 2. The highest BCUT2D eigenvalue weighted by Gasteiger charge is 2.31. The van der Waals surface area contributed by atoms with E-state index in [1.165, 1.54) is 22.3 Å². The maximum atomic E-state index is 11.6. The highest BCUT2D eigenvalue weighted by molar-refractivity contribution is 5.76. The first-order valence-electron chi connectivity index (χ1n) is 8.19. The molecule has 1 heterocycles.